The fourth-order valence-corrected chi connectivity index (χ4v) is 4.10. The number of ketones is 1. The molecule has 2 nitrogen and oxygen atoms in total. The normalized spacial score (nSPS) is 14.1. The van der Waals surface area contributed by atoms with Gasteiger partial charge >= 0.3 is 0 Å². The minimum Gasteiger partial charge on any atom is -0.293 e. The van der Waals surface area contributed by atoms with Crippen LogP contribution in [0.4, 0.5) is 0 Å². The van der Waals surface area contributed by atoms with Crippen LogP contribution in [0.5, 0.6) is 0 Å². The SMILES string of the molecule is Cc1ccc(C(=O)C(C)S(=O)c2cccs2)cc1C. The number of carbonyl (C=O) groups is 1. The van der Waals surface area contributed by atoms with E-state index in [-0.39, 0.29) is 5.78 Å². The molecule has 0 saturated heterocycles. The molecule has 1 aromatic carbocycles. The molecule has 0 aliphatic heterocycles. The first-order valence-corrected chi connectivity index (χ1v) is 8.15. The minimum atomic E-state index is -1.27. The molecule has 0 bridgehead atoms. The van der Waals surface area contributed by atoms with Gasteiger partial charge in [-0.15, -0.1) is 11.3 Å². The van der Waals surface area contributed by atoms with E-state index in [1.54, 1.807) is 6.92 Å². The molecule has 0 amide bonds. The molecule has 4 heteroatoms. The van der Waals surface area contributed by atoms with Crippen LogP contribution in [0, 0.1) is 13.8 Å². The molecule has 2 rings (SSSR count). The van der Waals surface area contributed by atoms with Crippen molar-refractivity contribution in [2.24, 2.45) is 0 Å². The van der Waals surface area contributed by atoms with E-state index in [9.17, 15) is 9.00 Å². The molecule has 100 valence electrons. The lowest BCUT2D eigenvalue weighted by atomic mass is 10.0. The highest BCUT2D eigenvalue weighted by molar-refractivity contribution is 7.88. The third-order valence-corrected chi connectivity index (χ3v) is 6.01. The second kappa shape index (κ2) is 5.80. The van der Waals surface area contributed by atoms with Crippen LogP contribution in [0.3, 0.4) is 0 Å². The molecular weight excluding hydrogens is 276 g/mol. The van der Waals surface area contributed by atoms with Gasteiger partial charge in [0.2, 0.25) is 0 Å². The summed E-state index contributed by atoms with van der Waals surface area (Å²) in [6, 6.07) is 9.28. The summed E-state index contributed by atoms with van der Waals surface area (Å²) in [5.41, 5.74) is 2.88. The second-order valence-corrected chi connectivity index (χ2v) is 7.48. The Bertz CT molecular complexity index is 615. The maximum atomic E-state index is 12.4. The molecule has 0 aliphatic carbocycles. The summed E-state index contributed by atoms with van der Waals surface area (Å²) in [6.45, 7) is 5.72. The summed E-state index contributed by atoms with van der Waals surface area (Å²) in [5.74, 6) is -0.0603. The van der Waals surface area contributed by atoms with Crippen LogP contribution < -0.4 is 0 Å². The van der Waals surface area contributed by atoms with E-state index in [0.29, 0.717) is 5.56 Å². The fraction of sp³-hybridized carbons (Fsp3) is 0.267. The van der Waals surface area contributed by atoms with E-state index in [1.807, 2.05) is 49.6 Å². The van der Waals surface area contributed by atoms with Crippen molar-refractivity contribution in [2.75, 3.05) is 0 Å². The first-order chi connectivity index (χ1) is 9.00. The number of rotatable bonds is 4. The van der Waals surface area contributed by atoms with Crippen LogP contribution in [-0.4, -0.2) is 15.2 Å². The Morgan fingerprint density at radius 1 is 1.21 bits per heavy atom. The number of thiophene rings is 1. The molecule has 2 unspecified atom stereocenters. The van der Waals surface area contributed by atoms with Gasteiger partial charge in [0.25, 0.3) is 0 Å². The number of Topliss-reactive ketones (excluding diaryl/α,β-unsaturated/α-hetero) is 1. The zero-order chi connectivity index (χ0) is 14.0. The van der Waals surface area contributed by atoms with Crippen LogP contribution in [0.1, 0.15) is 28.4 Å². The van der Waals surface area contributed by atoms with E-state index >= 15 is 0 Å². The molecule has 0 aliphatic rings. The van der Waals surface area contributed by atoms with Gasteiger partial charge < -0.3 is 0 Å². The third-order valence-electron chi connectivity index (χ3n) is 3.18. The van der Waals surface area contributed by atoms with Crippen molar-refractivity contribution in [3.8, 4) is 0 Å². The molecule has 0 saturated carbocycles. The number of benzene rings is 1. The standard InChI is InChI=1S/C15H16O2S2/c1-10-6-7-13(9-11(10)2)15(16)12(3)19(17)14-5-4-8-18-14/h4-9,12H,1-3H3. The highest BCUT2D eigenvalue weighted by Crippen LogP contribution is 2.20. The Kier molecular flexibility index (Phi) is 4.32. The maximum Gasteiger partial charge on any atom is 0.178 e. The molecular formula is C15H16O2S2. The van der Waals surface area contributed by atoms with Crippen LogP contribution >= 0.6 is 11.3 Å². The number of hydrogen-bond donors (Lipinski definition) is 0. The summed E-state index contributed by atoms with van der Waals surface area (Å²) in [5, 5.41) is 1.36. The number of carbonyl (C=O) groups excluding carboxylic acids is 1. The van der Waals surface area contributed by atoms with Gasteiger partial charge in [0, 0.05) is 5.56 Å². The zero-order valence-electron chi connectivity index (χ0n) is 11.2. The lowest BCUT2D eigenvalue weighted by molar-refractivity contribution is 0.0992. The third kappa shape index (κ3) is 3.01. The Hall–Kier alpha value is -1.26. The van der Waals surface area contributed by atoms with Gasteiger partial charge in [-0.1, -0.05) is 18.2 Å². The Morgan fingerprint density at radius 2 is 1.95 bits per heavy atom. The molecule has 0 radical (unpaired) electrons. The van der Waals surface area contributed by atoms with Crippen LogP contribution in [0.15, 0.2) is 39.9 Å². The smallest absolute Gasteiger partial charge is 0.178 e. The summed E-state index contributed by atoms with van der Waals surface area (Å²) in [4.78, 5) is 12.4. The summed E-state index contributed by atoms with van der Waals surface area (Å²) in [6.07, 6.45) is 0. The van der Waals surface area contributed by atoms with Gasteiger partial charge in [0.1, 0.15) is 5.25 Å². The van der Waals surface area contributed by atoms with Crippen molar-refractivity contribution in [2.45, 2.75) is 30.2 Å². The monoisotopic (exact) mass is 292 g/mol. The minimum absolute atomic E-state index is 0.0603. The van der Waals surface area contributed by atoms with Gasteiger partial charge in [-0.05, 0) is 49.4 Å². The summed E-state index contributed by atoms with van der Waals surface area (Å²) in [7, 11) is -1.27. The zero-order valence-corrected chi connectivity index (χ0v) is 12.8. The Morgan fingerprint density at radius 3 is 2.53 bits per heavy atom. The highest BCUT2D eigenvalue weighted by atomic mass is 32.2. The average molecular weight is 292 g/mol. The number of hydrogen-bond acceptors (Lipinski definition) is 3. The van der Waals surface area contributed by atoms with Crippen molar-refractivity contribution in [3.63, 3.8) is 0 Å². The molecule has 0 spiro atoms. The molecule has 1 heterocycles. The predicted octanol–water partition coefficient (Wildman–Crippen LogP) is 3.74. The van der Waals surface area contributed by atoms with Crippen molar-refractivity contribution < 1.29 is 9.00 Å². The van der Waals surface area contributed by atoms with E-state index in [4.69, 9.17) is 0 Å². The molecule has 0 fully saturated rings. The first kappa shape index (κ1) is 14.2. The lowest BCUT2D eigenvalue weighted by Crippen LogP contribution is -2.22. The second-order valence-electron chi connectivity index (χ2n) is 4.54. The van der Waals surface area contributed by atoms with E-state index in [1.165, 1.54) is 11.3 Å². The van der Waals surface area contributed by atoms with Gasteiger partial charge in [-0.3, -0.25) is 9.00 Å². The van der Waals surface area contributed by atoms with Crippen LogP contribution in [0.2, 0.25) is 0 Å². The van der Waals surface area contributed by atoms with E-state index in [2.05, 4.69) is 0 Å². The molecule has 0 N–H and O–H groups in total. The van der Waals surface area contributed by atoms with Crippen LogP contribution in [-0.2, 0) is 10.8 Å². The van der Waals surface area contributed by atoms with Crippen molar-refractivity contribution in [3.05, 3.63) is 52.4 Å². The highest BCUT2D eigenvalue weighted by Gasteiger charge is 2.23. The molecule has 19 heavy (non-hydrogen) atoms. The van der Waals surface area contributed by atoms with Gasteiger partial charge in [-0.25, -0.2) is 0 Å². The van der Waals surface area contributed by atoms with Crippen LogP contribution in [0.25, 0.3) is 0 Å². The number of aryl methyl sites for hydroxylation is 2. The largest absolute Gasteiger partial charge is 0.293 e. The topological polar surface area (TPSA) is 34.1 Å². The summed E-state index contributed by atoms with van der Waals surface area (Å²) >= 11 is 1.43. The fourth-order valence-electron chi connectivity index (χ4n) is 1.78. The van der Waals surface area contributed by atoms with Gasteiger partial charge in [0.15, 0.2) is 5.78 Å². The Labute approximate surface area is 119 Å². The van der Waals surface area contributed by atoms with Crippen molar-refractivity contribution in [1.82, 2.24) is 0 Å². The van der Waals surface area contributed by atoms with E-state index in [0.717, 1.165) is 15.3 Å². The van der Waals surface area contributed by atoms with Gasteiger partial charge in [0.05, 0.1) is 15.0 Å². The molecule has 2 aromatic rings. The summed E-state index contributed by atoms with van der Waals surface area (Å²) < 4.78 is 13.0. The molecule has 2 atom stereocenters. The average Bonchev–Trinajstić information content (AvgIpc) is 2.93. The van der Waals surface area contributed by atoms with Crippen molar-refractivity contribution in [1.29, 1.82) is 0 Å². The quantitative estimate of drug-likeness (QED) is 0.804. The van der Waals surface area contributed by atoms with Crippen molar-refractivity contribution >= 4 is 27.9 Å². The van der Waals surface area contributed by atoms with E-state index < -0.39 is 16.0 Å². The molecule has 1 aromatic heterocycles. The Balaban J connectivity index is 2.24. The predicted molar refractivity (Wildman–Crippen MR) is 80.4 cm³/mol. The van der Waals surface area contributed by atoms with Gasteiger partial charge in [-0.2, -0.15) is 0 Å². The first-order valence-electron chi connectivity index (χ1n) is 6.06. The maximum absolute atomic E-state index is 12.4. The lowest BCUT2D eigenvalue weighted by Gasteiger charge is -2.10.